The van der Waals surface area contributed by atoms with E-state index in [1.807, 2.05) is 28.7 Å². The normalized spacial score (nSPS) is 18.3. The van der Waals surface area contributed by atoms with Crippen molar-refractivity contribution >= 4 is 70.2 Å². The molecule has 0 radical (unpaired) electrons. The number of piperazine rings is 1. The summed E-state index contributed by atoms with van der Waals surface area (Å²) in [5, 5.41) is 18.1. The number of allylic oxidation sites excluding steroid dienone is 4. The highest BCUT2D eigenvalue weighted by Gasteiger charge is 2.42. The van der Waals surface area contributed by atoms with Crippen LogP contribution in [0.1, 0.15) is 92.9 Å². The Hall–Kier alpha value is -5.52. The second kappa shape index (κ2) is 17.1. The lowest BCUT2D eigenvalue weighted by atomic mass is 9.93. The van der Waals surface area contributed by atoms with Gasteiger partial charge in [-0.1, -0.05) is 23.7 Å². The molecule has 4 aliphatic rings. The second-order valence-electron chi connectivity index (χ2n) is 14.6. The summed E-state index contributed by atoms with van der Waals surface area (Å²) in [6, 6.07) is 3.12. The summed E-state index contributed by atoms with van der Waals surface area (Å²) in [7, 11) is 1.47. The van der Waals surface area contributed by atoms with Gasteiger partial charge in [0, 0.05) is 73.8 Å². The van der Waals surface area contributed by atoms with Crippen LogP contribution in [0.4, 0.5) is 5.69 Å². The van der Waals surface area contributed by atoms with Gasteiger partial charge in [0.2, 0.25) is 17.7 Å². The SMILES string of the molecule is CNC(=O)CCC(C=O)N1C(=O)c2cccc(NCCC(=O)N3CCN(NC(=O)C[C@@H]4N=C(C5=CC=C(Cl)CC5)c5c(sc(C)c5C)-n5c(C)nnc54)CC3)c2C1=O. The molecule has 0 bridgehead atoms. The van der Waals surface area contributed by atoms with Crippen molar-refractivity contribution < 1.29 is 28.8 Å². The minimum Gasteiger partial charge on any atom is -0.384 e. The van der Waals surface area contributed by atoms with E-state index in [-0.39, 0.29) is 61.1 Å². The molecule has 5 heterocycles. The Kier molecular flexibility index (Phi) is 12.0. The monoisotopic (exact) mass is 828 g/mol. The summed E-state index contributed by atoms with van der Waals surface area (Å²) in [6.45, 7) is 7.93. The third kappa shape index (κ3) is 7.98. The maximum Gasteiger partial charge on any atom is 0.264 e. The second-order valence-corrected chi connectivity index (χ2v) is 16.3. The molecule has 7 rings (SSSR count). The molecule has 58 heavy (non-hydrogen) atoms. The van der Waals surface area contributed by atoms with Crippen LogP contribution < -0.4 is 16.1 Å². The van der Waals surface area contributed by atoms with E-state index in [2.05, 4.69) is 40.1 Å². The number of amides is 5. The smallest absolute Gasteiger partial charge is 0.264 e. The van der Waals surface area contributed by atoms with Crippen LogP contribution in [0.25, 0.3) is 5.00 Å². The molecule has 3 aliphatic heterocycles. The van der Waals surface area contributed by atoms with E-state index >= 15 is 0 Å². The minimum atomic E-state index is -1.09. The zero-order valence-electron chi connectivity index (χ0n) is 32.8. The van der Waals surface area contributed by atoms with Crippen LogP contribution >= 0.6 is 22.9 Å². The number of carbonyl (C=O) groups excluding carboxylic acids is 6. The number of hydrazine groups is 1. The molecule has 16 nitrogen and oxygen atoms in total. The van der Waals surface area contributed by atoms with Gasteiger partial charge in [-0.25, -0.2) is 5.01 Å². The Morgan fingerprint density at radius 1 is 0.983 bits per heavy atom. The van der Waals surface area contributed by atoms with Gasteiger partial charge in [-0.3, -0.25) is 43.9 Å². The number of nitrogens with one attached hydrogen (secondary N) is 3. The van der Waals surface area contributed by atoms with Gasteiger partial charge >= 0.3 is 0 Å². The number of aryl methyl sites for hydroxylation is 2. The van der Waals surface area contributed by atoms with E-state index in [0.717, 1.165) is 56.0 Å². The quantitative estimate of drug-likeness (QED) is 0.169. The third-order valence-electron chi connectivity index (χ3n) is 11.0. The van der Waals surface area contributed by atoms with E-state index in [4.69, 9.17) is 16.6 Å². The molecule has 0 spiro atoms. The van der Waals surface area contributed by atoms with Gasteiger partial charge < -0.3 is 20.3 Å². The van der Waals surface area contributed by atoms with Crippen LogP contribution in [0.2, 0.25) is 0 Å². The largest absolute Gasteiger partial charge is 0.384 e. The van der Waals surface area contributed by atoms with Crippen molar-refractivity contribution in [3.63, 3.8) is 0 Å². The lowest BCUT2D eigenvalue weighted by Gasteiger charge is -2.35. The van der Waals surface area contributed by atoms with Gasteiger partial charge in [-0.2, -0.15) is 0 Å². The summed E-state index contributed by atoms with van der Waals surface area (Å²) in [4.78, 5) is 86.1. The highest BCUT2D eigenvalue weighted by molar-refractivity contribution is 7.15. The van der Waals surface area contributed by atoms with Crippen molar-refractivity contribution in [2.24, 2.45) is 4.99 Å². The van der Waals surface area contributed by atoms with Gasteiger partial charge in [0.15, 0.2) is 5.82 Å². The van der Waals surface area contributed by atoms with Crippen molar-refractivity contribution in [1.29, 1.82) is 0 Å². The Balaban J connectivity index is 0.945. The predicted molar refractivity (Wildman–Crippen MR) is 218 cm³/mol. The first-order chi connectivity index (χ1) is 27.9. The van der Waals surface area contributed by atoms with Crippen LogP contribution in [0.15, 0.2) is 45.9 Å². The number of anilines is 1. The molecule has 2 aromatic heterocycles. The third-order valence-corrected chi connectivity index (χ3v) is 12.5. The minimum absolute atomic E-state index is 0.00553. The lowest BCUT2D eigenvalue weighted by Crippen LogP contribution is -2.55. The number of imide groups is 1. The molecule has 1 aliphatic carbocycles. The zero-order chi connectivity index (χ0) is 41.2. The van der Waals surface area contributed by atoms with E-state index in [0.29, 0.717) is 44.0 Å². The molecular formula is C40H45ClN10O6S. The number of rotatable bonds is 13. The van der Waals surface area contributed by atoms with E-state index in [1.54, 1.807) is 28.4 Å². The average Bonchev–Trinajstić information content (AvgIpc) is 3.79. The van der Waals surface area contributed by atoms with Crippen LogP contribution in [0, 0.1) is 20.8 Å². The maximum atomic E-state index is 13.6. The molecule has 3 N–H and O–H groups in total. The number of nitrogens with zero attached hydrogens (tertiary/aromatic N) is 7. The zero-order valence-corrected chi connectivity index (χ0v) is 34.3. The van der Waals surface area contributed by atoms with E-state index < -0.39 is 23.9 Å². The van der Waals surface area contributed by atoms with Crippen molar-refractivity contribution in [3.8, 4) is 5.00 Å². The topological polar surface area (TPSA) is 191 Å². The number of hydrogen-bond donors (Lipinski definition) is 3. The standard InChI is InChI=1S/C40H45ClN10O6S/c1-22-23(2)58-40-34(22)36(25-8-10-26(41)11-9-25)44-30(37-46-45-24(3)50(37)40)20-32(54)47-49-18-16-48(17-19-49)33(55)14-15-43-29-7-5-6-28-35(29)39(57)51(38(28)56)27(21-52)12-13-31(53)42-4/h5-8,10,21,27,30,43H,9,11-20H2,1-4H3,(H,42,53)(H,47,54)/t27?,30-/m0/s1. The summed E-state index contributed by atoms with van der Waals surface area (Å²) >= 11 is 7.99. The molecule has 1 fully saturated rings. The Morgan fingerprint density at radius 2 is 1.76 bits per heavy atom. The van der Waals surface area contributed by atoms with Crippen molar-refractivity contribution in [3.05, 3.63) is 79.7 Å². The number of halogens is 1. The summed E-state index contributed by atoms with van der Waals surface area (Å²) < 4.78 is 2.03. The molecule has 5 amide bonds. The fourth-order valence-electron chi connectivity index (χ4n) is 7.70. The average molecular weight is 829 g/mol. The van der Waals surface area contributed by atoms with E-state index in [1.165, 1.54) is 18.0 Å². The fraction of sp³-hybridized carbons (Fsp3) is 0.425. The number of benzene rings is 1. The van der Waals surface area contributed by atoms with Crippen LogP contribution in [-0.2, 0) is 19.2 Å². The molecule has 304 valence electrons. The number of aldehydes is 1. The summed E-state index contributed by atoms with van der Waals surface area (Å²) in [5.74, 6) is -0.545. The molecule has 18 heteroatoms. The van der Waals surface area contributed by atoms with Crippen molar-refractivity contribution in [2.45, 2.75) is 71.4 Å². The van der Waals surface area contributed by atoms with Crippen LogP contribution in [0.3, 0.4) is 0 Å². The lowest BCUT2D eigenvalue weighted by molar-refractivity contribution is -0.134. The Morgan fingerprint density at radius 3 is 2.47 bits per heavy atom. The van der Waals surface area contributed by atoms with E-state index in [9.17, 15) is 28.8 Å². The Labute approximate surface area is 344 Å². The fourth-order valence-corrected chi connectivity index (χ4v) is 9.07. The van der Waals surface area contributed by atoms with Gasteiger partial charge in [0.25, 0.3) is 11.8 Å². The summed E-state index contributed by atoms with van der Waals surface area (Å²) in [5.41, 5.74) is 7.76. The van der Waals surface area contributed by atoms with Gasteiger partial charge in [0.1, 0.15) is 23.2 Å². The first-order valence-electron chi connectivity index (χ1n) is 19.3. The molecule has 3 aromatic rings. The molecule has 1 aromatic carbocycles. The van der Waals surface area contributed by atoms with Crippen molar-refractivity contribution in [1.82, 2.24) is 40.3 Å². The molecule has 1 saturated heterocycles. The number of carbonyl (C=O) groups is 6. The molecular weight excluding hydrogens is 784 g/mol. The van der Waals surface area contributed by atoms with Crippen LogP contribution in [0.5, 0.6) is 0 Å². The highest BCUT2D eigenvalue weighted by atomic mass is 35.5. The van der Waals surface area contributed by atoms with Crippen molar-refractivity contribution in [2.75, 3.05) is 45.1 Å². The number of hydrogen-bond acceptors (Lipinski definition) is 12. The number of thiophene rings is 1. The molecule has 2 atom stereocenters. The highest BCUT2D eigenvalue weighted by Crippen LogP contribution is 2.41. The van der Waals surface area contributed by atoms with Gasteiger partial charge in [0.05, 0.1) is 29.3 Å². The number of aliphatic imine (C=N–C) groups is 1. The summed E-state index contributed by atoms with van der Waals surface area (Å²) in [6.07, 6.45) is 6.04. The molecule has 0 saturated carbocycles. The first kappa shape index (κ1) is 40.7. The maximum absolute atomic E-state index is 13.6. The van der Waals surface area contributed by atoms with Crippen LogP contribution in [-0.4, -0.2) is 117 Å². The number of fused-ring (bicyclic) bond motifs is 4. The molecule has 1 unspecified atom stereocenters. The number of aromatic nitrogens is 3. The van der Waals surface area contributed by atoms with Gasteiger partial charge in [-0.05, 0) is 69.4 Å². The Bertz CT molecular complexity index is 2290. The first-order valence-corrected chi connectivity index (χ1v) is 20.5. The van der Waals surface area contributed by atoms with Gasteiger partial charge in [-0.15, -0.1) is 21.5 Å². The predicted octanol–water partition coefficient (Wildman–Crippen LogP) is 3.70.